The molecule has 96 valence electrons. The molecule has 0 aromatic heterocycles. The maximum atomic E-state index is 11.4. The van der Waals surface area contributed by atoms with Gasteiger partial charge < -0.3 is 5.11 Å². The Morgan fingerprint density at radius 3 is 2.26 bits per heavy atom. The molecule has 0 heterocycles. The van der Waals surface area contributed by atoms with E-state index in [1.165, 1.54) is 6.92 Å². The number of hydrogen-bond acceptors (Lipinski definition) is 2. The van der Waals surface area contributed by atoms with Crippen molar-refractivity contribution in [3.8, 4) is 11.1 Å². The topological polar surface area (TPSA) is 54.4 Å². The van der Waals surface area contributed by atoms with Crippen LogP contribution in [0.5, 0.6) is 0 Å². The van der Waals surface area contributed by atoms with E-state index in [0.717, 1.165) is 16.7 Å². The van der Waals surface area contributed by atoms with Gasteiger partial charge in [-0.3, -0.25) is 9.59 Å². The van der Waals surface area contributed by atoms with Gasteiger partial charge in [0.05, 0.1) is 6.42 Å². The van der Waals surface area contributed by atoms with E-state index < -0.39 is 5.97 Å². The standard InChI is InChI=1S/C16H14O3/c1-11(17)13-5-3-7-15(10-13)14-6-2-4-12(8-14)9-16(18)19/h2-8,10H,9H2,1H3,(H,18,19). The number of hydrogen-bond donors (Lipinski definition) is 1. The molecule has 0 fully saturated rings. The van der Waals surface area contributed by atoms with Crippen molar-refractivity contribution >= 4 is 11.8 Å². The van der Waals surface area contributed by atoms with Crippen molar-refractivity contribution < 1.29 is 14.7 Å². The van der Waals surface area contributed by atoms with Crippen molar-refractivity contribution in [1.82, 2.24) is 0 Å². The molecule has 3 heteroatoms. The molecule has 0 unspecified atom stereocenters. The van der Waals surface area contributed by atoms with Crippen LogP contribution in [0.15, 0.2) is 48.5 Å². The summed E-state index contributed by atoms with van der Waals surface area (Å²) in [4.78, 5) is 22.1. The van der Waals surface area contributed by atoms with Gasteiger partial charge in [-0.15, -0.1) is 0 Å². The van der Waals surface area contributed by atoms with E-state index in [1.54, 1.807) is 12.1 Å². The van der Waals surface area contributed by atoms with Crippen LogP contribution >= 0.6 is 0 Å². The third-order valence-electron chi connectivity index (χ3n) is 2.88. The smallest absolute Gasteiger partial charge is 0.307 e. The van der Waals surface area contributed by atoms with Gasteiger partial charge in [-0.1, -0.05) is 42.5 Å². The highest BCUT2D eigenvalue weighted by atomic mass is 16.4. The first-order valence-corrected chi connectivity index (χ1v) is 5.98. The van der Waals surface area contributed by atoms with E-state index in [-0.39, 0.29) is 12.2 Å². The van der Waals surface area contributed by atoms with Gasteiger partial charge in [0.1, 0.15) is 0 Å². The van der Waals surface area contributed by atoms with Crippen LogP contribution in [0, 0.1) is 0 Å². The summed E-state index contributed by atoms with van der Waals surface area (Å²) in [6.45, 7) is 1.53. The number of Topliss-reactive ketones (excluding diaryl/α,β-unsaturated/α-hetero) is 1. The molecule has 0 aliphatic carbocycles. The molecule has 0 aliphatic rings. The third-order valence-corrected chi connectivity index (χ3v) is 2.88. The summed E-state index contributed by atoms with van der Waals surface area (Å²) in [5, 5.41) is 8.80. The Bertz CT molecular complexity index is 629. The van der Waals surface area contributed by atoms with Crippen LogP contribution in [0.1, 0.15) is 22.8 Å². The Morgan fingerprint density at radius 2 is 1.63 bits per heavy atom. The van der Waals surface area contributed by atoms with Crippen LogP contribution in [0.3, 0.4) is 0 Å². The molecule has 2 aromatic rings. The highest BCUT2D eigenvalue weighted by Gasteiger charge is 2.05. The lowest BCUT2D eigenvalue weighted by molar-refractivity contribution is -0.136. The largest absolute Gasteiger partial charge is 0.481 e. The molecule has 2 rings (SSSR count). The minimum Gasteiger partial charge on any atom is -0.481 e. The monoisotopic (exact) mass is 254 g/mol. The Morgan fingerprint density at radius 1 is 1.00 bits per heavy atom. The van der Waals surface area contributed by atoms with Crippen LogP contribution in [0.25, 0.3) is 11.1 Å². The fourth-order valence-electron chi connectivity index (χ4n) is 1.95. The van der Waals surface area contributed by atoms with E-state index in [9.17, 15) is 9.59 Å². The lowest BCUT2D eigenvalue weighted by Crippen LogP contribution is -1.99. The first-order valence-electron chi connectivity index (χ1n) is 5.98. The molecule has 0 bridgehead atoms. The van der Waals surface area contributed by atoms with Crippen molar-refractivity contribution in [1.29, 1.82) is 0 Å². The predicted octanol–water partition coefficient (Wildman–Crippen LogP) is 3.18. The van der Waals surface area contributed by atoms with Crippen molar-refractivity contribution in [2.45, 2.75) is 13.3 Å². The van der Waals surface area contributed by atoms with Crippen molar-refractivity contribution in [2.24, 2.45) is 0 Å². The SMILES string of the molecule is CC(=O)c1cccc(-c2cccc(CC(=O)O)c2)c1. The van der Waals surface area contributed by atoms with Crippen LogP contribution in [0.2, 0.25) is 0 Å². The lowest BCUT2D eigenvalue weighted by Gasteiger charge is -2.05. The highest BCUT2D eigenvalue weighted by molar-refractivity contribution is 5.95. The molecule has 0 saturated carbocycles. The number of rotatable bonds is 4. The van der Waals surface area contributed by atoms with Gasteiger partial charge in [-0.05, 0) is 29.7 Å². The number of benzene rings is 2. The van der Waals surface area contributed by atoms with E-state index in [2.05, 4.69) is 0 Å². The summed E-state index contributed by atoms with van der Waals surface area (Å²) in [6, 6.07) is 14.7. The summed E-state index contributed by atoms with van der Waals surface area (Å²) >= 11 is 0. The van der Waals surface area contributed by atoms with Crippen LogP contribution in [-0.2, 0) is 11.2 Å². The fraction of sp³-hybridized carbons (Fsp3) is 0.125. The molecule has 1 N–H and O–H groups in total. The Balaban J connectivity index is 2.38. The van der Waals surface area contributed by atoms with Crippen molar-refractivity contribution in [2.75, 3.05) is 0 Å². The molecule has 0 aliphatic heterocycles. The average Bonchev–Trinajstić information content (AvgIpc) is 2.38. The summed E-state index contributed by atoms with van der Waals surface area (Å²) in [6.07, 6.45) is 0.000237. The van der Waals surface area contributed by atoms with E-state index in [1.807, 2.05) is 36.4 Å². The van der Waals surface area contributed by atoms with Crippen LogP contribution in [-0.4, -0.2) is 16.9 Å². The van der Waals surface area contributed by atoms with Gasteiger partial charge in [0, 0.05) is 5.56 Å². The molecule has 0 saturated heterocycles. The first kappa shape index (κ1) is 13.0. The van der Waals surface area contributed by atoms with Gasteiger partial charge in [-0.2, -0.15) is 0 Å². The van der Waals surface area contributed by atoms with E-state index >= 15 is 0 Å². The van der Waals surface area contributed by atoms with Crippen molar-refractivity contribution in [3.63, 3.8) is 0 Å². The minimum absolute atomic E-state index is 0.000237. The minimum atomic E-state index is -0.852. The number of ketones is 1. The second-order valence-electron chi connectivity index (χ2n) is 4.41. The molecular formula is C16H14O3. The van der Waals surface area contributed by atoms with Crippen LogP contribution < -0.4 is 0 Å². The number of carbonyl (C=O) groups excluding carboxylic acids is 1. The Labute approximate surface area is 111 Å². The van der Waals surface area contributed by atoms with Gasteiger partial charge in [0.15, 0.2) is 5.78 Å². The maximum absolute atomic E-state index is 11.4. The first-order chi connectivity index (χ1) is 9.06. The fourth-order valence-corrected chi connectivity index (χ4v) is 1.95. The molecule has 2 aromatic carbocycles. The van der Waals surface area contributed by atoms with Gasteiger partial charge in [-0.25, -0.2) is 0 Å². The molecule has 3 nitrogen and oxygen atoms in total. The Hall–Kier alpha value is -2.42. The second-order valence-corrected chi connectivity index (χ2v) is 4.41. The predicted molar refractivity (Wildman–Crippen MR) is 73.2 cm³/mol. The molecular weight excluding hydrogens is 240 g/mol. The molecule has 19 heavy (non-hydrogen) atoms. The maximum Gasteiger partial charge on any atom is 0.307 e. The third kappa shape index (κ3) is 3.28. The van der Waals surface area contributed by atoms with Crippen molar-refractivity contribution in [3.05, 3.63) is 59.7 Å². The van der Waals surface area contributed by atoms with Gasteiger partial charge >= 0.3 is 5.97 Å². The quantitative estimate of drug-likeness (QED) is 0.852. The number of aliphatic carboxylic acids is 1. The second kappa shape index (κ2) is 5.48. The van der Waals surface area contributed by atoms with E-state index in [4.69, 9.17) is 5.11 Å². The summed E-state index contributed by atoms with van der Waals surface area (Å²) in [5.41, 5.74) is 3.24. The number of carbonyl (C=O) groups is 2. The highest BCUT2D eigenvalue weighted by Crippen LogP contribution is 2.22. The summed E-state index contributed by atoms with van der Waals surface area (Å²) in [7, 11) is 0. The number of carboxylic acid groups (broad SMARTS) is 1. The molecule has 0 spiro atoms. The van der Waals surface area contributed by atoms with Crippen LogP contribution in [0.4, 0.5) is 0 Å². The zero-order chi connectivity index (χ0) is 13.8. The zero-order valence-corrected chi connectivity index (χ0v) is 10.6. The van der Waals surface area contributed by atoms with Gasteiger partial charge in [0.25, 0.3) is 0 Å². The van der Waals surface area contributed by atoms with E-state index in [0.29, 0.717) is 5.56 Å². The Kier molecular flexibility index (Phi) is 3.76. The summed E-state index contributed by atoms with van der Waals surface area (Å²) in [5.74, 6) is -0.835. The molecule has 0 radical (unpaired) electrons. The molecule has 0 amide bonds. The van der Waals surface area contributed by atoms with Gasteiger partial charge in [0.2, 0.25) is 0 Å². The lowest BCUT2D eigenvalue weighted by atomic mass is 9.99. The normalized spacial score (nSPS) is 10.2. The summed E-state index contributed by atoms with van der Waals surface area (Å²) < 4.78 is 0. The molecule has 0 atom stereocenters. The average molecular weight is 254 g/mol. The number of carboxylic acids is 1. The zero-order valence-electron chi connectivity index (χ0n) is 10.6.